The topological polar surface area (TPSA) is 104 Å². The summed E-state index contributed by atoms with van der Waals surface area (Å²) in [5.74, 6) is -3.99. The van der Waals surface area contributed by atoms with Gasteiger partial charge in [-0.05, 0) is 72.0 Å². The number of carbonyl (C=O) groups excluding carboxylic acids is 1. The van der Waals surface area contributed by atoms with Gasteiger partial charge >= 0.3 is 5.97 Å². The van der Waals surface area contributed by atoms with Crippen molar-refractivity contribution >= 4 is 40.8 Å². The van der Waals surface area contributed by atoms with Crippen LogP contribution in [0.15, 0.2) is 78.1 Å². The standard InChI is InChI=1S/C30H33Cl2F2N3O3/c1-5-6-18(31)13-20(33)15-30(35)24(16-29(2,3)4)37-26(25(30)22-14-19(32)9-12-23(22)34)27(38)36-21-10-7-17(8-11-21)28(39)40/h5-14,24-26,37H,1,15-16,35H2,2-4H3,(H,36,38)(H,39,40)/b18-6+,20-13+/t24-,25-,26+,30+/m0/s1. The van der Waals surface area contributed by atoms with Crippen molar-refractivity contribution in [3.05, 3.63) is 100 Å². The minimum atomic E-state index is -1.49. The number of hydrogen-bond donors (Lipinski definition) is 4. The number of carboxylic acid groups (broad SMARTS) is 1. The summed E-state index contributed by atoms with van der Waals surface area (Å²) in [5.41, 5.74) is 5.72. The molecular weight excluding hydrogens is 559 g/mol. The molecule has 0 aromatic heterocycles. The number of aromatic carboxylic acids is 1. The summed E-state index contributed by atoms with van der Waals surface area (Å²) in [6.45, 7) is 9.50. The van der Waals surface area contributed by atoms with Crippen LogP contribution >= 0.6 is 23.2 Å². The zero-order chi connectivity index (χ0) is 29.8. The summed E-state index contributed by atoms with van der Waals surface area (Å²) >= 11 is 12.3. The predicted octanol–water partition coefficient (Wildman–Crippen LogP) is 6.93. The van der Waals surface area contributed by atoms with Gasteiger partial charge in [-0.2, -0.15) is 0 Å². The van der Waals surface area contributed by atoms with Crippen LogP contribution in [0.5, 0.6) is 0 Å². The highest BCUT2D eigenvalue weighted by molar-refractivity contribution is 6.31. The summed E-state index contributed by atoms with van der Waals surface area (Å²) in [4.78, 5) is 24.9. The van der Waals surface area contributed by atoms with Crippen molar-refractivity contribution in [2.75, 3.05) is 5.32 Å². The first kappa shape index (κ1) is 31.5. The van der Waals surface area contributed by atoms with Crippen LogP contribution in [0.25, 0.3) is 0 Å². The van der Waals surface area contributed by atoms with E-state index in [2.05, 4.69) is 17.2 Å². The maximum atomic E-state index is 15.5. The summed E-state index contributed by atoms with van der Waals surface area (Å²) in [7, 11) is 0. The van der Waals surface area contributed by atoms with Crippen LogP contribution in [0.1, 0.15) is 55.5 Å². The van der Waals surface area contributed by atoms with Gasteiger partial charge in [0, 0.05) is 39.7 Å². The Morgan fingerprint density at radius 2 is 1.88 bits per heavy atom. The zero-order valence-electron chi connectivity index (χ0n) is 22.5. The van der Waals surface area contributed by atoms with Crippen LogP contribution in [0.3, 0.4) is 0 Å². The van der Waals surface area contributed by atoms with E-state index < -0.39 is 47.1 Å². The summed E-state index contributed by atoms with van der Waals surface area (Å²) in [6, 6.07) is 7.86. The summed E-state index contributed by atoms with van der Waals surface area (Å²) < 4.78 is 30.8. The number of carbonyl (C=O) groups is 2. The number of rotatable bonds is 9. The third-order valence-corrected chi connectivity index (χ3v) is 7.25. The second-order valence-corrected chi connectivity index (χ2v) is 12.0. The number of benzene rings is 2. The van der Waals surface area contributed by atoms with Crippen molar-refractivity contribution in [3.8, 4) is 0 Å². The number of hydrogen-bond acceptors (Lipinski definition) is 4. The largest absolute Gasteiger partial charge is 0.478 e. The van der Waals surface area contributed by atoms with Gasteiger partial charge in [0.05, 0.1) is 11.6 Å². The number of nitrogens with one attached hydrogen (secondary N) is 2. The third-order valence-electron chi connectivity index (χ3n) is 6.78. The molecule has 0 radical (unpaired) electrons. The first-order chi connectivity index (χ1) is 18.6. The normalized spacial score (nSPS) is 23.6. The van der Waals surface area contributed by atoms with Crippen molar-refractivity contribution in [2.24, 2.45) is 11.1 Å². The van der Waals surface area contributed by atoms with Gasteiger partial charge in [0.15, 0.2) is 0 Å². The second kappa shape index (κ2) is 12.6. The molecule has 2 aromatic carbocycles. The summed E-state index contributed by atoms with van der Waals surface area (Å²) in [5, 5.41) is 15.5. The Balaban J connectivity index is 2.12. The van der Waals surface area contributed by atoms with E-state index in [1.165, 1.54) is 54.6 Å². The van der Waals surface area contributed by atoms with Crippen LogP contribution in [0.2, 0.25) is 5.02 Å². The fourth-order valence-electron chi connectivity index (χ4n) is 5.11. The average Bonchev–Trinajstić information content (AvgIpc) is 3.11. The minimum absolute atomic E-state index is 0.0495. The molecule has 0 aliphatic carbocycles. The van der Waals surface area contributed by atoms with E-state index in [-0.39, 0.29) is 33.0 Å². The highest BCUT2D eigenvalue weighted by atomic mass is 35.5. The molecule has 2 aromatic rings. The van der Waals surface area contributed by atoms with E-state index in [9.17, 15) is 9.59 Å². The molecule has 1 saturated heterocycles. The van der Waals surface area contributed by atoms with Crippen molar-refractivity contribution in [2.45, 2.75) is 57.2 Å². The van der Waals surface area contributed by atoms with Crippen LogP contribution in [-0.4, -0.2) is 34.6 Å². The van der Waals surface area contributed by atoms with Crippen molar-refractivity contribution in [1.82, 2.24) is 5.32 Å². The van der Waals surface area contributed by atoms with Gasteiger partial charge in [0.1, 0.15) is 11.6 Å². The molecule has 1 aliphatic rings. The molecule has 0 unspecified atom stereocenters. The van der Waals surface area contributed by atoms with Crippen LogP contribution in [-0.2, 0) is 4.79 Å². The number of anilines is 1. The predicted molar refractivity (Wildman–Crippen MR) is 156 cm³/mol. The molecule has 1 fully saturated rings. The molecule has 0 spiro atoms. The van der Waals surface area contributed by atoms with E-state index >= 15 is 8.78 Å². The van der Waals surface area contributed by atoms with Crippen molar-refractivity contribution in [3.63, 3.8) is 0 Å². The lowest BCUT2D eigenvalue weighted by Crippen LogP contribution is -2.54. The van der Waals surface area contributed by atoms with Crippen LogP contribution in [0.4, 0.5) is 14.5 Å². The third kappa shape index (κ3) is 7.57. The zero-order valence-corrected chi connectivity index (χ0v) is 24.0. The van der Waals surface area contributed by atoms with E-state index in [1.54, 1.807) is 0 Å². The lowest BCUT2D eigenvalue weighted by atomic mass is 9.70. The van der Waals surface area contributed by atoms with Gasteiger partial charge in [-0.15, -0.1) is 0 Å². The number of halogens is 4. The molecule has 214 valence electrons. The highest BCUT2D eigenvalue weighted by Crippen LogP contribution is 2.46. The van der Waals surface area contributed by atoms with Gasteiger partial charge in [0.25, 0.3) is 0 Å². The van der Waals surface area contributed by atoms with E-state index in [0.717, 1.165) is 6.08 Å². The SMILES string of the molecule is C=C/C=C(Cl)\C=C(\F)C[C@@]1(N)[C@H](CC(C)(C)C)N[C@@H](C(=O)Nc2ccc(C(=O)O)cc2)[C@@H]1c1cc(Cl)ccc1F. The number of carboxylic acids is 1. The Hall–Kier alpha value is -3.04. The number of amides is 1. The molecule has 4 atom stereocenters. The highest BCUT2D eigenvalue weighted by Gasteiger charge is 2.57. The average molecular weight is 593 g/mol. The first-order valence-corrected chi connectivity index (χ1v) is 13.4. The molecule has 1 aliphatic heterocycles. The lowest BCUT2D eigenvalue weighted by Gasteiger charge is -2.39. The van der Waals surface area contributed by atoms with E-state index in [0.29, 0.717) is 12.1 Å². The Kier molecular flexibility index (Phi) is 9.95. The van der Waals surface area contributed by atoms with Crippen LogP contribution in [0, 0.1) is 11.2 Å². The Bertz CT molecular complexity index is 1340. The molecule has 1 heterocycles. The lowest BCUT2D eigenvalue weighted by molar-refractivity contribution is -0.118. The van der Waals surface area contributed by atoms with Crippen LogP contribution < -0.4 is 16.4 Å². The summed E-state index contributed by atoms with van der Waals surface area (Å²) in [6.07, 6.45) is 4.04. The smallest absolute Gasteiger partial charge is 0.335 e. The van der Waals surface area contributed by atoms with Gasteiger partial charge in [-0.25, -0.2) is 13.6 Å². The second-order valence-electron chi connectivity index (χ2n) is 11.1. The Labute approximate surface area is 242 Å². The molecule has 0 bridgehead atoms. The Morgan fingerprint density at radius 3 is 2.45 bits per heavy atom. The fraction of sp³-hybridized carbons (Fsp3) is 0.333. The number of allylic oxidation sites excluding steroid dienone is 4. The van der Waals surface area contributed by atoms with E-state index in [1.807, 2.05) is 20.8 Å². The quantitative estimate of drug-likeness (QED) is 0.237. The van der Waals surface area contributed by atoms with E-state index in [4.69, 9.17) is 34.0 Å². The Morgan fingerprint density at radius 1 is 1.23 bits per heavy atom. The molecule has 1 amide bonds. The number of nitrogens with two attached hydrogens (primary N) is 1. The molecule has 3 rings (SSSR count). The van der Waals surface area contributed by atoms with Crippen molar-refractivity contribution in [1.29, 1.82) is 0 Å². The minimum Gasteiger partial charge on any atom is -0.478 e. The molecule has 0 saturated carbocycles. The maximum absolute atomic E-state index is 15.5. The fourth-order valence-corrected chi connectivity index (χ4v) is 5.50. The maximum Gasteiger partial charge on any atom is 0.335 e. The van der Waals surface area contributed by atoms with Gasteiger partial charge in [0.2, 0.25) is 5.91 Å². The van der Waals surface area contributed by atoms with Gasteiger partial charge in [-0.1, -0.05) is 56.6 Å². The van der Waals surface area contributed by atoms with Gasteiger partial charge in [-0.3, -0.25) is 4.79 Å². The molecule has 40 heavy (non-hydrogen) atoms. The molecule has 6 nitrogen and oxygen atoms in total. The monoisotopic (exact) mass is 591 g/mol. The first-order valence-electron chi connectivity index (χ1n) is 12.6. The molecule has 10 heteroatoms. The van der Waals surface area contributed by atoms with Crippen molar-refractivity contribution < 1.29 is 23.5 Å². The molecular formula is C30H33Cl2F2N3O3. The van der Waals surface area contributed by atoms with Gasteiger partial charge < -0.3 is 21.5 Å². The molecule has 5 N–H and O–H groups in total.